The molecule has 3 N–H and O–H groups in total. The van der Waals surface area contributed by atoms with Gasteiger partial charge in [0, 0.05) is 12.1 Å². The van der Waals surface area contributed by atoms with Crippen LogP contribution in [0.15, 0.2) is 12.1 Å². The van der Waals surface area contributed by atoms with Crippen LogP contribution in [-0.4, -0.2) is 22.3 Å². The number of hydrogen-bond acceptors (Lipinski definition) is 3. The maximum absolute atomic E-state index is 10.1. The molecule has 0 fully saturated rings. The molecule has 0 radical (unpaired) electrons. The van der Waals surface area contributed by atoms with Gasteiger partial charge in [0.1, 0.15) is 5.75 Å². The third kappa shape index (κ3) is 4.02. The number of aliphatic hydroxyl groups is 1. The van der Waals surface area contributed by atoms with Crippen molar-refractivity contribution in [1.82, 2.24) is 5.32 Å². The van der Waals surface area contributed by atoms with Crippen molar-refractivity contribution in [3.8, 4) is 5.75 Å². The minimum atomic E-state index is -0.549. The lowest BCUT2D eigenvalue weighted by atomic mass is 10.0. The van der Waals surface area contributed by atoms with Gasteiger partial charge >= 0.3 is 0 Å². The Hall–Kier alpha value is -1.06. The molecule has 0 saturated heterocycles. The summed E-state index contributed by atoms with van der Waals surface area (Å²) in [6, 6.07) is 3.66. The molecule has 1 rings (SSSR count). The summed E-state index contributed by atoms with van der Waals surface area (Å²) < 4.78 is 0. The number of aliphatic hydroxyl groups excluding tert-OH is 1. The Morgan fingerprint density at radius 2 is 1.65 bits per heavy atom. The first kappa shape index (κ1) is 14.0. The van der Waals surface area contributed by atoms with Crippen molar-refractivity contribution in [2.75, 3.05) is 6.54 Å². The van der Waals surface area contributed by atoms with Crippen molar-refractivity contribution in [2.45, 2.75) is 46.3 Å². The fourth-order valence-electron chi connectivity index (χ4n) is 1.70. The van der Waals surface area contributed by atoms with Gasteiger partial charge in [-0.2, -0.15) is 0 Å². The first-order valence-electron chi connectivity index (χ1n) is 5.94. The average molecular weight is 237 g/mol. The molecule has 1 atom stereocenters. The molecule has 17 heavy (non-hydrogen) atoms. The van der Waals surface area contributed by atoms with Crippen LogP contribution in [0.4, 0.5) is 0 Å². The van der Waals surface area contributed by atoms with Crippen LogP contribution in [0.5, 0.6) is 5.75 Å². The van der Waals surface area contributed by atoms with Crippen molar-refractivity contribution >= 4 is 0 Å². The molecule has 3 heteroatoms. The van der Waals surface area contributed by atoms with Gasteiger partial charge in [0.2, 0.25) is 0 Å². The topological polar surface area (TPSA) is 52.5 Å². The Balaban J connectivity index is 2.79. The normalized spacial score (nSPS) is 13.8. The van der Waals surface area contributed by atoms with Gasteiger partial charge in [-0.25, -0.2) is 0 Å². The summed E-state index contributed by atoms with van der Waals surface area (Å²) in [6.45, 7) is 10.4. The van der Waals surface area contributed by atoms with Gasteiger partial charge in [-0.05, 0) is 63.4 Å². The number of benzene rings is 1. The quantitative estimate of drug-likeness (QED) is 0.757. The fraction of sp³-hybridized carbons (Fsp3) is 0.571. The van der Waals surface area contributed by atoms with E-state index in [4.69, 9.17) is 0 Å². The second kappa shape index (κ2) is 5.07. The van der Waals surface area contributed by atoms with Crippen LogP contribution in [-0.2, 0) is 0 Å². The Kier molecular flexibility index (Phi) is 4.17. The molecule has 0 aromatic heterocycles. The summed E-state index contributed by atoms with van der Waals surface area (Å²) in [7, 11) is 0. The van der Waals surface area contributed by atoms with Crippen molar-refractivity contribution < 1.29 is 10.2 Å². The van der Waals surface area contributed by atoms with Crippen molar-refractivity contribution in [2.24, 2.45) is 0 Å². The summed E-state index contributed by atoms with van der Waals surface area (Å²) in [5.41, 5.74) is 2.43. The Morgan fingerprint density at radius 1 is 1.18 bits per heavy atom. The third-order valence-electron chi connectivity index (χ3n) is 2.72. The minimum absolute atomic E-state index is 0.0119. The van der Waals surface area contributed by atoms with Gasteiger partial charge in [0.05, 0.1) is 6.10 Å². The molecule has 0 heterocycles. The number of nitrogens with one attached hydrogen (secondary N) is 1. The molecular weight excluding hydrogens is 214 g/mol. The second-order valence-corrected chi connectivity index (χ2v) is 5.65. The van der Waals surface area contributed by atoms with Gasteiger partial charge in [0.15, 0.2) is 0 Å². The molecule has 0 aliphatic rings. The van der Waals surface area contributed by atoms with Crippen LogP contribution in [0, 0.1) is 13.8 Å². The number of hydrogen-bond donors (Lipinski definition) is 3. The van der Waals surface area contributed by atoms with Gasteiger partial charge in [-0.1, -0.05) is 0 Å². The van der Waals surface area contributed by atoms with E-state index in [9.17, 15) is 10.2 Å². The zero-order valence-corrected chi connectivity index (χ0v) is 11.3. The third-order valence-corrected chi connectivity index (χ3v) is 2.72. The summed E-state index contributed by atoms with van der Waals surface area (Å²) in [5.74, 6) is 0.310. The number of phenols is 1. The molecule has 0 spiro atoms. The Morgan fingerprint density at radius 3 is 2.06 bits per heavy atom. The van der Waals surface area contributed by atoms with Crippen LogP contribution in [0.1, 0.15) is 43.6 Å². The highest BCUT2D eigenvalue weighted by Gasteiger charge is 2.15. The van der Waals surface area contributed by atoms with Crippen molar-refractivity contribution in [3.05, 3.63) is 28.8 Å². The zero-order chi connectivity index (χ0) is 13.2. The predicted octanol–water partition coefficient (Wildman–Crippen LogP) is 2.43. The van der Waals surface area contributed by atoms with Gasteiger partial charge < -0.3 is 15.5 Å². The van der Waals surface area contributed by atoms with E-state index in [1.807, 2.05) is 26.0 Å². The van der Waals surface area contributed by atoms with Crippen LogP contribution in [0.2, 0.25) is 0 Å². The lowest BCUT2D eigenvalue weighted by Crippen LogP contribution is -2.38. The molecule has 1 aromatic carbocycles. The van der Waals surface area contributed by atoms with Crippen molar-refractivity contribution in [1.29, 1.82) is 0 Å². The van der Waals surface area contributed by atoms with E-state index in [0.29, 0.717) is 12.3 Å². The molecule has 0 bridgehead atoms. The molecule has 0 aliphatic heterocycles. The molecule has 3 nitrogen and oxygen atoms in total. The maximum atomic E-state index is 10.1. The van der Waals surface area contributed by atoms with Gasteiger partial charge in [-0.15, -0.1) is 0 Å². The summed E-state index contributed by atoms with van der Waals surface area (Å²) in [4.78, 5) is 0. The molecule has 1 aromatic rings. The van der Waals surface area contributed by atoms with Crippen molar-refractivity contribution in [3.63, 3.8) is 0 Å². The molecule has 0 amide bonds. The second-order valence-electron chi connectivity index (χ2n) is 5.65. The van der Waals surface area contributed by atoms with E-state index in [1.54, 1.807) is 0 Å². The first-order chi connectivity index (χ1) is 7.70. The van der Waals surface area contributed by atoms with Crippen LogP contribution < -0.4 is 5.32 Å². The van der Waals surface area contributed by atoms with E-state index in [0.717, 1.165) is 16.7 Å². The number of β-amino-alcohol motifs (C(OH)–C–C–N with tert-alkyl or cyclic N) is 1. The SMILES string of the molecule is Cc1cc(C(O)CNC(C)(C)C)cc(C)c1O. The molecule has 0 saturated carbocycles. The van der Waals surface area contributed by atoms with E-state index in [2.05, 4.69) is 26.1 Å². The lowest BCUT2D eigenvalue weighted by Gasteiger charge is -2.23. The fourth-order valence-corrected chi connectivity index (χ4v) is 1.70. The molecule has 1 unspecified atom stereocenters. The average Bonchev–Trinajstić information content (AvgIpc) is 2.20. The number of aromatic hydroxyl groups is 1. The zero-order valence-electron chi connectivity index (χ0n) is 11.3. The van der Waals surface area contributed by atoms with Gasteiger partial charge in [0.25, 0.3) is 0 Å². The summed E-state index contributed by atoms with van der Waals surface area (Å²) in [5, 5.41) is 23.0. The number of rotatable bonds is 3. The van der Waals surface area contributed by atoms with Crippen LogP contribution >= 0.6 is 0 Å². The largest absolute Gasteiger partial charge is 0.507 e. The number of phenolic OH excluding ortho intramolecular Hbond substituents is 1. The Bertz CT molecular complexity index is 371. The summed E-state index contributed by atoms with van der Waals surface area (Å²) >= 11 is 0. The van der Waals surface area contributed by atoms with E-state index >= 15 is 0 Å². The minimum Gasteiger partial charge on any atom is -0.507 e. The van der Waals surface area contributed by atoms with Crippen LogP contribution in [0.25, 0.3) is 0 Å². The van der Waals surface area contributed by atoms with E-state index < -0.39 is 6.10 Å². The maximum Gasteiger partial charge on any atom is 0.121 e. The highest BCUT2D eigenvalue weighted by atomic mass is 16.3. The smallest absolute Gasteiger partial charge is 0.121 e. The predicted molar refractivity (Wildman–Crippen MR) is 70.3 cm³/mol. The highest BCUT2D eigenvalue weighted by molar-refractivity contribution is 5.42. The summed E-state index contributed by atoms with van der Waals surface area (Å²) in [6.07, 6.45) is -0.549. The highest BCUT2D eigenvalue weighted by Crippen LogP contribution is 2.26. The standard InChI is InChI=1S/C14H23NO2/c1-9-6-11(7-10(2)13(9)17)12(16)8-15-14(3,4)5/h6-7,12,15-17H,8H2,1-5H3. The molecule has 0 aliphatic carbocycles. The van der Waals surface area contributed by atoms with Gasteiger partial charge in [-0.3, -0.25) is 0 Å². The lowest BCUT2D eigenvalue weighted by molar-refractivity contribution is 0.163. The van der Waals surface area contributed by atoms with E-state index in [-0.39, 0.29) is 5.54 Å². The molecular formula is C14H23NO2. The molecule has 96 valence electrons. The first-order valence-corrected chi connectivity index (χ1v) is 5.94. The monoisotopic (exact) mass is 237 g/mol. The van der Waals surface area contributed by atoms with Crippen LogP contribution in [0.3, 0.4) is 0 Å². The van der Waals surface area contributed by atoms with E-state index in [1.165, 1.54) is 0 Å². The Labute approximate surface area is 103 Å². The number of aryl methyl sites for hydroxylation is 2.